The number of amides is 1. The third-order valence-corrected chi connectivity index (χ3v) is 3.01. The van der Waals surface area contributed by atoms with Crippen molar-refractivity contribution in [1.82, 2.24) is 4.90 Å². The van der Waals surface area contributed by atoms with E-state index in [2.05, 4.69) is 22.4 Å². The van der Waals surface area contributed by atoms with Gasteiger partial charge in [0.25, 0.3) is 0 Å². The van der Waals surface area contributed by atoms with Crippen LogP contribution < -0.4 is 0 Å². The molecule has 1 unspecified atom stereocenters. The standard InChI is InChI=1S/C13H22N2O2S/c1-13(2,3)17-12(16)15-8-4-5-11(9-15)6-7-14-10-18/h11H,4-9H2,1-3H3. The third kappa shape index (κ3) is 5.61. The maximum absolute atomic E-state index is 11.9. The molecule has 0 saturated carbocycles. The van der Waals surface area contributed by atoms with E-state index < -0.39 is 5.60 Å². The van der Waals surface area contributed by atoms with E-state index in [1.807, 2.05) is 20.8 Å². The van der Waals surface area contributed by atoms with Gasteiger partial charge >= 0.3 is 6.09 Å². The van der Waals surface area contributed by atoms with Crippen LogP contribution in [0.2, 0.25) is 0 Å². The van der Waals surface area contributed by atoms with Crippen molar-refractivity contribution in [2.45, 2.75) is 45.6 Å². The Bertz CT molecular complexity index is 332. The molecule has 1 heterocycles. The van der Waals surface area contributed by atoms with E-state index in [-0.39, 0.29) is 6.09 Å². The topological polar surface area (TPSA) is 41.9 Å². The zero-order valence-corrected chi connectivity index (χ0v) is 12.3. The van der Waals surface area contributed by atoms with Crippen LogP contribution in [0.1, 0.15) is 40.0 Å². The first-order valence-corrected chi connectivity index (χ1v) is 6.85. The average molecular weight is 270 g/mol. The summed E-state index contributed by atoms with van der Waals surface area (Å²) in [5, 5.41) is 2.38. The molecule has 1 aliphatic rings. The lowest BCUT2D eigenvalue weighted by atomic mass is 9.95. The van der Waals surface area contributed by atoms with Crippen molar-refractivity contribution in [2.24, 2.45) is 10.9 Å². The molecule has 0 radical (unpaired) electrons. The maximum Gasteiger partial charge on any atom is 0.410 e. The number of nitrogens with zero attached hydrogens (tertiary/aromatic N) is 2. The molecule has 0 aromatic rings. The monoisotopic (exact) mass is 270 g/mol. The van der Waals surface area contributed by atoms with Gasteiger partial charge in [-0.3, -0.25) is 0 Å². The smallest absolute Gasteiger partial charge is 0.410 e. The Balaban J connectivity index is 2.42. The molecule has 0 bridgehead atoms. The summed E-state index contributed by atoms with van der Waals surface area (Å²) in [6.07, 6.45) is 2.94. The van der Waals surface area contributed by atoms with Crippen molar-refractivity contribution < 1.29 is 9.53 Å². The number of thiocarbonyl (C=S) groups is 1. The van der Waals surface area contributed by atoms with Crippen LogP contribution in [-0.4, -0.2) is 41.4 Å². The first-order chi connectivity index (χ1) is 8.42. The first kappa shape index (κ1) is 15.1. The van der Waals surface area contributed by atoms with Gasteiger partial charge in [-0.05, 0) is 58.2 Å². The molecule has 1 rings (SSSR count). The number of piperidine rings is 1. The van der Waals surface area contributed by atoms with E-state index in [0.717, 1.165) is 32.4 Å². The highest BCUT2D eigenvalue weighted by molar-refractivity contribution is 7.78. The number of aliphatic imine (C=N–C) groups is 1. The van der Waals surface area contributed by atoms with Crippen LogP contribution in [0, 0.1) is 5.92 Å². The van der Waals surface area contributed by atoms with Gasteiger partial charge in [0.15, 0.2) is 0 Å². The molecule has 0 aliphatic carbocycles. The summed E-state index contributed by atoms with van der Waals surface area (Å²) in [5.41, 5.74) is -0.425. The summed E-state index contributed by atoms with van der Waals surface area (Å²) >= 11 is 4.54. The van der Waals surface area contributed by atoms with Crippen molar-refractivity contribution in [3.8, 4) is 0 Å². The normalized spacial score (nSPS) is 20.2. The number of rotatable bonds is 3. The molecule has 0 N–H and O–H groups in total. The van der Waals surface area contributed by atoms with Gasteiger partial charge in [-0.1, -0.05) is 0 Å². The molecular weight excluding hydrogens is 248 g/mol. The van der Waals surface area contributed by atoms with Crippen LogP contribution >= 0.6 is 12.2 Å². The molecule has 1 saturated heterocycles. The SMILES string of the molecule is CC(C)(C)OC(=O)N1CCCC(CCN=C=S)C1. The minimum Gasteiger partial charge on any atom is -0.444 e. The van der Waals surface area contributed by atoms with Crippen LogP contribution in [0.15, 0.2) is 4.99 Å². The highest BCUT2D eigenvalue weighted by atomic mass is 32.1. The zero-order chi connectivity index (χ0) is 13.6. The zero-order valence-electron chi connectivity index (χ0n) is 11.4. The van der Waals surface area contributed by atoms with E-state index in [4.69, 9.17) is 4.74 Å². The Morgan fingerprint density at radius 1 is 1.56 bits per heavy atom. The highest BCUT2D eigenvalue weighted by Gasteiger charge is 2.27. The molecular formula is C13H22N2O2S. The summed E-state index contributed by atoms with van der Waals surface area (Å²) in [4.78, 5) is 17.7. The summed E-state index contributed by atoms with van der Waals surface area (Å²) in [6, 6.07) is 0. The lowest BCUT2D eigenvalue weighted by Gasteiger charge is -2.33. The molecule has 1 fully saturated rings. The number of hydrogen-bond donors (Lipinski definition) is 0. The number of likely N-dealkylation sites (tertiary alicyclic amines) is 1. The van der Waals surface area contributed by atoms with Gasteiger partial charge in [0.1, 0.15) is 5.60 Å². The molecule has 102 valence electrons. The van der Waals surface area contributed by atoms with E-state index in [1.165, 1.54) is 0 Å². The molecule has 0 aromatic carbocycles. The number of hydrogen-bond acceptors (Lipinski definition) is 4. The van der Waals surface area contributed by atoms with Gasteiger partial charge < -0.3 is 9.64 Å². The third-order valence-electron chi connectivity index (χ3n) is 2.88. The largest absolute Gasteiger partial charge is 0.444 e. The van der Waals surface area contributed by atoms with Gasteiger partial charge in [-0.2, -0.15) is 0 Å². The molecule has 1 atom stereocenters. The van der Waals surface area contributed by atoms with Crippen LogP contribution in [0.3, 0.4) is 0 Å². The summed E-state index contributed by atoms with van der Waals surface area (Å²) in [7, 11) is 0. The fourth-order valence-electron chi connectivity index (χ4n) is 2.09. The van der Waals surface area contributed by atoms with Gasteiger partial charge in [0, 0.05) is 19.6 Å². The molecule has 4 nitrogen and oxygen atoms in total. The Labute approximate surface area is 114 Å². The first-order valence-electron chi connectivity index (χ1n) is 6.44. The van der Waals surface area contributed by atoms with Crippen LogP contribution in [0.5, 0.6) is 0 Å². The highest BCUT2D eigenvalue weighted by Crippen LogP contribution is 2.21. The second-order valence-electron chi connectivity index (χ2n) is 5.70. The predicted octanol–water partition coefficient (Wildman–Crippen LogP) is 3.13. The second kappa shape index (κ2) is 6.86. The molecule has 0 spiro atoms. The van der Waals surface area contributed by atoms with Gasteiger partial charge in [0.2, 0.25) is 0 Å². The number of isothiocyanates is 1. The average Bonchev–Trinajstić information content (AvgIpc) is 2.27. The summed E-state index contributed by atoms with van der Waals surface area (Å²) in [5.74, 6) is 0.498. The van der Waals surface area contributed by atoms with E-state index in [0.29, 0.717) is 12.5 Å². The van der Waals surface area contributed by atoms with Gasteiger partial charge in [0.05, 0.1) is 5.16 Å². The van der Waals surface area contributed by atoms with Crippen molar-refractivity contribution >= 4 is 23.5 Å². The minimum atomic E-state index is -0.425. The van der Waals surface area contributed by atoms with Crippen molar-refractivity contribution in [2.75, 3.05) is 19.6 Å². The Kier molecular flexibility index (Phi) is 5.76. The molecule has 1 amide bonds. The number of carbonyl (C=O) groups excluding carboxylic acids is 1. The Morgan fingerprint density at radius 3 is 2.89 bits per heavy atom. The molecule has 1 aliphatic heterocycles. The van der Waals surface area contributed by atoms with Gasteiger partial charge in [-0.25, -0.2) is 9.79 Å². The fraction of sp³-hybridized carbons (Fsp3) is 0.846. The van der Waals surface area contributed by atoms with Gasteiger partial charge in [-0.15, -0.1) is 0 Å². The molecule has 0 aromatic heterocycles. The van der Waals surface area contributed by atoms with Crippen LogP contribution in [0.4, 0.5) is 4.79 Å². The van der Waals surface area contributed by atoms with Crippen LogP contribution in [-0.2, 0) is 4.74 Å². The number of carbonyl (C=O) groups is 1. The predicted molar refractivity (Wildman–Crippen MR) is 75.0 cm³/mol. The molecule has 5 heteroatoms. The summed E-state index contributed by atoms with van der Waals surface area (Å²) in [6.45, 7) is 7.93. The van der Waals surface area contributed by atoms with Crippen LogP contribution in [0.25, 0.3) is 0 Å². The number of ether oxygens (including phenoxy) is 1. The Morgan fingerprint density at radius 2 is 2.28 bits per heavy atom. The lowest BCUT2D eigenvalue weighted by molar-refractivity contribution is 0.0163. The molecule has 18 heavy (non-hydrogen) atoms. The van der Waals surface area contributed by atoms with E-state index in [9.17, 15) is 4.79 Å². The Hall–Kier alpha value is -0.930. The van der Waals surface area contributed by atoms with Crippen molar-refractivity contribution in [1.29, 1.82) is 0 Å². The summed E-state index contributed by atoms with van der Waals surface area (Å²) < 4.78 is 5.39. The maximum atomic E-state index is 11.9. The quantitative estimate of drug-likeness (QED) is 0.584. The van der Waals surface area contributed by atoms with Crippen molar-refractivity contribution in [3.63, 3.8) is 0 Å². The van der Waals surface area contributed by atoms with E-state index in [1.54, 1.807) is 4.90 Å². The second-order valence-corrected chi connectivity index (χ2v) is 5.88. The van der Waals surface area contributed by atoms with Crippen molar-refractivity contribution in [3.05, 3.63) is 0 Å². The lowest BCUT2D eigenvalue weighted by Crippen LogP contribution is -2.43. The minimum absolute atomic E-state index is 0.203. The van der Waals surface area contributed by atoms with E-state index >= 15 is 0 Å². The fourth-order valence-corrected chi connectivity index (χ4v) is 2.18.